The van der Waals surface area contributed by atoms with Crippen molar-refractivity contribution < 1.29 is 15.0 Å². The summed E-state index contributed by atoms with van der Waals surface area (Å²) in [7, 11) is 0. The summed E-state index contributed by atoms with van der Waals surface area (Å²) in [5.41, 5.74) is 6.79. The number of pyridine rings is 1. The van der Waals surface area contributed by atoms with Crippen molar-refractivity contribution in [2.24, 2.45) is 0 Å². The number of carbonyl (C=O) groups is 1. The van der Waals surface area contributed by atoms with Gasteiger partial charge in [-0.3, -0.25) is 9.78 Å². The minimum atomic E-state index is -0.673. The lowest BCUT2D eigenvalue weighted by Gasteiger charge is -2.14. The first-order valence-corrected chi connectivity index (χ1v) is 4.83. The van der Waals surface area contributed by atoms with Gasteiger partial charge in [-0.25, -0.2) is 0 Å². The number of aliphatic hydroxyl groups is 2. The summed E-state index contributed by atoms with van der Waals surface area (Å²) in [6, 6.07) is 0.831. The van der Waals surface area contributed by atoms with E-state index in [-0.39, 0.29) is 13.2 Å². The van der Waals surface area contributed by atoms with Crippen LogP contribution < -0.4 is 11.1 Å². The SMILES string of the molecule is Cc1ncc(N)cc1C(=O)NC(CO)CO. The van der Waals surface area contributed by atoms with Crippen molar-refractivity contribution in [2.45, 2.75) is 13.0 Å². The van der Waals surface area contributed by atoms with Crippen LogP contribution in [0, 0.1) is 6.92 Å². The minimum absolute atomic E-state index is 0.322. The van der Waals surface area contributed by atoms with E-state index in [1.165, 1.54) is 12.3 Å². The van der Waals surface area contributed by atoms with Crippen LogP contribution in [0.2, 0.25) is 0 Å². The Balaban J connectivity index is 2.83. The van der Waals surface area contributed by atoms with Gasteiger partial charge in [-0.15, -0.1) is 0 Å². The van der Waals surface area contributed by atoms with Crippen LogP contribution in [0.4, 0.5) is 5.69 Å². The Labute approximate surface area is 93.1 Å². The number of aryl methyl sites for hydroxylation is 1. The number of nitrogens with two attached hydrogens (primary N) is 1. The van der Waals surface area contributed by atoms with Gasteiger partial charge in [0.15, 0.2) is 0 Å². The summed E-state index contributed by atoms with van der Waals surface area (Å²) in [6.07, 6.45) is 1.46. The Morgan fingerprint density at radius 1 is 1.56 bits per heavy atom. The summed E-state index contributed by atoms with van der Waals surface area (Å²) in [5.74, 6) is -0.412. The lowest BCUT2D eigenvalue weighted by atomic mass is 10.1. The van der Waals surface area contributed by atoms with Gasteiger partial charge in [0.05, 0.1) is 42.4 Å². The molecule has 1 aromatic heterocycles. The summed E-state index contributed by atoms with van der Waals surface area (Å²) in [4.78, 5) is 15.7. The molecule has 1 aromatic rings. The molecule has 0 aliphatic carbocycles. The molecule has 0 bridgehead atoms. The lowest BCUT2D eigenvalue weighted by Crippen LogP contribution is -2.40. The van der Waals surface area contributed by atoms with Crippen LogP contribution in [0.3, 0.4) is 0 Å². The summed E-state index contributed by atoms with van der Waals surface area (Å²) < 4.78 is 0. The number of hydrogen-bond acceptors (Lipinski definition) is 5. The number of aromatic nitrogens is 1. The van der Waals surface area contributed by atoms with Crippen molar-refractivity contribution in [3.05, 3.63) is 23.5 Å². The van der Waals surface area contributed by atoms with Crippen molar-refractivity contribution in [2.75, 3.05) is 18.9 Å². The van der Waals surface area contributed by atoms with E-state index in [4.69, 9.17) is 15.9 Å². The van der Waals surface area contributed by atoms with Gasteiger partial charge < -0.3 is 21.3 Å². The number of aliphatic hydroxyl groups excluding tert-OH is 2. The van der Waals surface area contributed by atoms with Crippen LogP contribution >= 0.6 is 0 Å². The third kappa shape index (κ3) is 2.91. The summed E-state index contributed by atoms with van der Waals surface area (Å²) >= 11 is 0. The predicted octanol–water partition coefficient (Wildman–Crippen LogP) is -0.945. The fraction of sp³-hybridized carbons (Fsp3) is 0.400. The monoisotopic (exact) mass is 225 g/mol. The quantitative estimate of drug-likeness (QED) is 0.528. The molecule has 0 radical (unpaired) electrons. The molecule has 0 aliphatic heterocycles. The van der Waals surface area contributed by atoms with Crippen LogP contribution in [-0.2, 0) is 0 Å². The highest BCUT2D eigenvalue weighted by Crippen LogP contribution is 2.09. The van der Waals surface area contributed by atoms with Crippen molar-refractivity contribution in [1.29, 1.82) is 0 Å². The van der Waals surface area contributed by atoms with Gasteiger partial charge in [-0.05, 0) is 13.0 Å². The zero-order chi connectivity index (χ0) is 12.1. The van der Waals surface area contributed by atoms with E-state index in [1.54, 1.807) is 6.92 Å². The maximum Gasteiger partial charge on any atom is 0.253 e. The van der Waals surface area contributed by atoms with Crippen LogP contribution in [0.1, 0.15) is 16.1 Å². The van der Waals surface area contributed by atoms with Crippen LogP contribution in [0.25, 0.3) is 0 Å². The maximum atomic E-state index is 11.7. The number of nitrogen functional groups attached to an aromatic ring is 1. The Kier molecular flexibility index (Phi) is 4.21. The number of nitrogens with zero attached hydrogens (tertiary/aromatic N) is 1. The number of rotatable bonds is 4. The van der Waals surface area contributed by atoms with Gasteiger partial charge in [-0.2, -0.15) is 0 Å². The lowest BCUT2D eigenvalue weighted by molar-refractivity contribution is 0.0878. The largest absolute Gasteiger partial charge is 0.397 e. The zero-order valence-electron chi connectivity index (χ0n) is 8.97. The van der Waals surface area contributed by atoms with Crippen LogP contribution in [-0.4, -0.2) is 40.4 Å². The Bertz CT molecular complexity index is 378. The maximum absolute atomic E-state index is 11.7. The highest BCUT2D eigenvalue weighted by Gasteiger charge is 2.14. The van der Waals surface area contributed by atoms with E-state index in [0.29, 0.717) is 16.9 Å². The first-order valence-electron chi connectivity index (χ1n) is 4.83. The molecule has 0 aromatic carbocycles. The smallest absolute Gasteiger partial charge is 0.253 e. The first-order chi connectivity index (χ1) is 7.58. The average molecular weight is 225 g/mol. The predicted molar refractivity (Wildman–Crippen MR) is 58.8 cm³/mol. The topological polar surface area (TPSA) is 108 Å². The van der Waals surface area contributed by atoms with Crippen molar-refractivity contribution in [3.8, 4) is 0 Å². The Morgan fingerprint density at radius 2 is 2.19 bits per heavy atom. The fourth-order valence-corrected chi connectivity index (χ4v) is 1.19. The number of carbonyl (C=O) groups excluding carboxylic acids is 1. The standard InChI is InChI=1S/C10H15N3O3/c1-6-9(2-7(11)3-12-6)10(16)13-8(4-14)5-15/h2-3,8,14-15H,4-5,11H2,1H3,(H,13,16). The number of hydrogen-bond donors (Lipinski definition) is 4. The molecule has 6 nitrogen and oxygen atoms in total. The van der Waals surface area contributed by atoms with Gasteiger partial charge in [0.1, 0.15) is 0 Å². The third-order valence-electron chi connectivity index (χ3n) is 2.13. The van der Waals surface area contributed by atoms with E-state index in [1.807, 2.05) is 0 Å². The molecular weight excluding hydrogens is 210 g/mol. The molecular formula is C10H15N3O3. The van der Waals surface area contributed by atoms with Crippen LogP contribution in [0.15, 0.2) is 12.3 Å². The molecule has 1 heterocycles. The highest BCUT2D eigenvalue weighted by atomic mass is 16.3. The molecule has 16 heavy (non-hydrogen) atoms. The molecule has 0 atom stereocenters. The molecule has 88 valence electrons. The number of anilines is 1. The molecule has 0 saturated carbocycles. The molecule has 0 aliphatic rings. The highest BCUT2D eigenvalue weighted by molar-refractivity contribution is 5.96. The average Bonchev–Trinajstić information content (AvgIpc) is 2.28. The van der Waals surface area contributed by atoms with Crippen molar-refractivity contribution in [1.82, 2.24) is 10.3 Å². The Hall–Kier alpha value is -1.66. The van der Waals surface area contributed by atoms with E-state index in [2.05, 4.69) is 10.3 Å². The normalized spacial score (nSPS) is 10.5. The molecule has 6 heteroatoms. The molecule has 0 spiro atoms. The third-order valence-corrected chi connectivity index (χ3v) is 2.13. The number of amides is 1. The second-order valence-electron chi connectivity index (χ2n) is 3.44. The van der Waals surface area contributed by atoms with E-state index in [9.17, 15) is 4.79 Å². The number of nitrogens with one attached hydrogen (secondary N) is 1. The van der Waals surface area contributed by atoms with Crippen molar-refractivity contribution in [3.63, 3.8) is 0 Å². The summed E-state index contributed by atoms with van der Waals surface area (Å²) in [6.45, 7) is 1.04. The fourth-order valence-electron chi connectivity index (χ4n) is 1.19. The van der Waals surface area contributed by atoms with E-state index < -0.39 is 11.9 Å². The zero-order valence-corrected chi connectivity index (χ0v) is 8.97. The van der Waals surface area contributed by atoms with Gasteiger partial charge in [0, 0.05) is 0 Å². The molecule has 0 saturated heterocycles. The van der Waals surface area contributed by atoms with E-state index in [0.717, 1.165) is 0 Å². The minimum Gasteiger partial charge on any atom is -0.397 e. The van der Waals surface area contributed by atoms with Gasteiger partial charge in [0.2, 0.25) is 0 Å². The van der Waals surface area contributed by atoms with Gasteiger partial charge >= 0.3 is 0 Å². The molecule has 5 N–H and O–H groups in total. The second-order valence-corrected chi connectivity index (χ2v) is 3.44. The summed E-state index contributed by atoms with van der Waals surface area (Å²) in [5, 5.41) is 20.1. The van der Waals surface area contributed by atoms with Gasteiger partial charge in [0.25, 0.3) is 5.91 Å². The molecule has 1 amide bonds. The van der Waals surface area contributed by atoms with Gasteiger partial charge in [-0.1, -0.05) is 0 Å². The van der Waals surface area contributed by atoms with Crippen molar-refractivity contribution >= 4 is 11.6 Å². The second kappa shape index (κ2) is 5.43. The molecule has 0 fully saturated rings. The van der Waals surface area contributed by atoms with Crippen LogP contribution in [0.5, 0.6) is 0 Å². The molecule has 1 rings (SSSR count). The van der Waals surface area contributed by atoms with E-state index >= 15 is 0 Å². The first kappa shape index (κ1) is 12.4. The Morgan fingerprint density at radius 3 is 2.75 bits per heavy atom. The molecule has 0 unspecified atom stereocenters.